The van der Waals surface area contributed by atoms with Gasteiger partial charge in [-0.2, -0.15) is 0 Å². The number of aryl methyl sites for hydroxylation is 1. The minimum atomic E-state index is -3.32. The van der Waals surface area contributed by atoms with Crippen LogP contribution in [-0.4, -0.2) is 56.1 Å². The second-order valence-corrected chi connectivity index (χ2v) is 11.3. The Labute approximate surface area is 191 Å². The third-order valence-electron chi connectivity index (χ3n) is 5.50. The van der Waals surface area contributed by atoms with Gasteiger partial charge in [0.25, 0.3) is 0 Å². The first-order valence-electron chi connectivity index (χ1n) is 10.1. The summed E-state index contributed by atoms with van der Waals surface area (Å²) in [5.41, 5.74) is 2.65. The van der Waals surface area contributed by atoms with Gasteiger partial charge in [0.05, 0.1) is 21.7 Å². The van der Waals surface area contributed by atoms with Gasteiger partial charge in [0, 0.05) is 37.6 Å². The van der Waals surface area contributed by atoms with Crippen molar-refractivity contribution >= 4 is 54.0 Å². The number of fused-ring (bicyclic) bond motifs is 1. The fraction of sp³-hybridized carbons (Fsp3) is 0.364. The second kappa shape index (κ2) is 9.14. The molecule has 4 rings (SSSR count). The van der Waals surface area contributed by atoms with Crippen LogP contribution in [0.25, 0.3) is 10.2 Å². The minimum absolute atomic E-state index is 0.0218. The van der Waals surface area contributed by atoms with E-state index in [9.17, 15) is 13.2 Å². The predicted molar refractivity (Wildman–Crippen MR) is 127 cm³/mol. The van der Waals surface area contributed by atoms with Gasteiger partial charge in [-0.3, -0.25) is 4.79 Å². The van der Waals surface area contributed by atoms with Crippen molar-refractivity contribution in [1.82, 2.24) is 9.88 Å². The van der Waals surface area contributed by atoms with Crippen LogP contribution in [0.15, 0.2) is 42.5 Å². The summed E-state index contributed by atoms with van der Waals surface area (Å²) in [7, 11) is -3.32. The Balaban J connectivity index is 1.31. The van der Waals surface area contributed by atoms with E-state index in [1.807, 2.05) is 37.3 Å². The molecule has 2 aromatic carbocycles. The number of hydrogen-bond acceptors (Lipinski definition) is 6. The Morgan fingerprint density at radius 1 is 1.10 bits per heavy atom. The van der Waals surface area contributed by atoms with Crippen molar-refractivity contribution in [3.8, 4) is 0 Å². The lowest BCUT2D eigenvalue weighted by atomic mass is 10.2. The number of piperazine rings is 1. The van der Waals surface area contributed by atoms with Crippen LogP contribution in [0.2, 0.25) is 5.02 Å². The molecule has 1 saturated heterocycles. The van der Waals surface area contributed by atoms with Crippen molar-refractivity contribution in [2.24, 2.45) is 0 Å². The molecule has 3 aromatic rings. The third-order valence-corrected chi connectivity index (χ3v) is 8.59. The van der Waals surface area contributed by atoms with Gasteiger partial charge >= 0.3 is 0 Å². The number of thiazole rings is 1. The van der Waals surface area contributed by atoms with Crippen LogP contribution in [0.5, 0.6) is 0 Å². The molecule has 0 unspecified atom stereocenters. The second-order valence-electron chi connectivity index (χ2n) is 7.71. The normalized spacial score (nSPS) is 14.9. The number of carbonyl (C=O) groups is 1. The van der Waals surface area contributed by atoms with Crippen LogP contribution in [0.3, 0.4) is 0 Å². The molecule has 0 bridgehead atoms. The first-order valence-corrected chi connectivity index (χ1v) is 13.2. The molecule has 0 saturated carbocycles. The van der Waals surface area contributed by atoms with Crippen molar-refractivity contribution in [3.63, 3.8) is 0 Å². The Hall–Kier alpha value is -2.16. The van der Waals surface area contributed by atoms with Crippen molar-refractivity contribution in [2.75, 3.05) is 36.8 Å². The lowest BCUT2D eigenvalue weighted by Gasteiger charge is -2.34. The van der Waals surface area contributed by atoms with Crippen LogP contribution < -0.4 is 4.90 Å². The predicted octanol–water partition coefficient (Wildman–Crippen LogP) is 3.91. The summed E-state index contributed by atoms with van der Waals surface area (Å²) in [5.74, 6) is -0.266. The largest absolute Gasteiger partial charge is 0.345 e. The molecule has 0 radical (unpaired) electrons. The summed E-state index contributed by atoms with van der Waals surface area (Å²) in [5, 5.41) is 1.64. The van der Waals surface area contributed by atoms with Crippen LogP contribution in [0.4, 0.5) is 5.13 Å². The van der Waals surface area contributed by atoms with E-state index in [0.29, 0.717) is 31.2 Å². The molecular formula is C22H24ClN3O3S2. The minimum Gasteiger partial charge on any atom is -0.345 e. The van der Waals surface area contributed by atoms with Crippen molar-refractivity contribution in [2.45, 2.75) is 19.1 Å². The molecule has 1 fully saturated rings. The molecule has 0 N–H and O–H groups in total. The number of carbonyl (C=O) groups excluding carboxylic acids is 1. The van der Waals surface area contributed by atoms with Gasteiger partial charge in [0.1, 0.15) is 0 Å². The molecule has 0 spiro atoms. The topological polar surface area (TPSA) is 70.6 Å². The van der Waals surface area contributed by atoms with E-state index in [1.54, 1.807) is 28.4 Å². The van der Waals surface area contributed by atoms with Crippen molar-refractivity contribution in [1.29, 1.82) is 0 Å². The Morgan fingerprint density at radius 2 is 1.81 bits per heavy atom. The van der Waals surface area contributed by atoms with Gasteiger partial charge < -0.3 is 9.80 Å². The van der Waals surface area contributed by atoms with E-state index < -0.39 is 9.84 Å². The molecule has 31 heavy (non-hydrogen) atoms. The first kappa shape index (κ1) is 22.0. The molecule has 1 aliphatic heterocycles. The highest BCUT2D eigenvalue weighted by atomic mass is 35.5. The van der Waals surface area contributed by atoms with E-state index in [-0.39, 0.29) is 23.8 Å². The average molecular weight is 478 g/mol. The van der Waals surface area contributed by atoms with Gasteiger partial charge in [-0.15, -0.1) is 0 Å². The molecule has 1 aromatic heterocycles. The summed E-state index contributed by atoms with van der Waals surface area (Å²) in [6, 6.07) is 12.9. The average Bonchev–Trinajstić information content (AvgIpc) is 3.20. The van der Waals surface area contributed by atoms with E-state index in [1.165, 1.54) is 0 Å². The number of nitrogens with zero attached hydrogens (tertiary/aromatic N) is 3. The maximum Gasteiger partial charge on any atom is 0.223 e. The summed E-state index contributed by atoms with van der Waals surface area (Å²) in [4.78, 5) is 21.3. The smallest absolute Gasteiger partial charge is 0.223 e. The number of aromatic nitrogens is 1. The molecule has 9 heteroatoms. The lowest BCUT2D eigenvalue weighted by molar-refractivity contribution is -0.131. The Kier molecular flexibility index (Phi) is 6.50. The highest BCUT2D eigenvalue weighted by Crippen LogP contribution is 2.33. The molecule has 164 valence electrons. The maximum atomic E-state index is 12.6. The van der Waals surface area contributed by atoms with E-state index >= 15 is 0 Å². The first-order chi connectivity index (χ1) is 14.8. The highest BCUT2D eigenvalue weighted by Gasteiger charge is 2.24. The van der Waals surface area contributed by atoms with E-state index in [4.69, 9.17) is 16.6 Å². The van der Waals surface area contributed by atoms with Gasteiger partial charge in [0.2, 0.25) is 5.91 Å². The van der Waals surface area contributed by atoms with E-state index in [2.05, 4.69) is 4.90 Å². The lowest BCUT2D eigenvalue weighted by Crippen LogP contribution is -2.49. The van der Waals surface area contributed by atoms with Gasteiger partial charge in [0.15, 0.2) is 15.0 Å². The Bertz CT molecular complexity index is 1190. The summed E-state index contributed by atoms with van der Waals surface area (Å²) >= 11 is 7.83. The summed E-state index contributed by atoms with van der Waals surface area (Å²) < 4.78 is 25.8. The highest BCUT2D eigenvalue weighted by molar-refractivity contribution is 7.90. The maximum absolute atomic E-state index is 12.6. The van der Waals surface area contributed by atoms with Crippen molar-refractivity contribution in [3.05, 3.63) is 58.6 Å². The quantitative estimate of drug-likeness (QED) is 0.538. The van der Waals surface area contributed by atoms with Gasteiger partial charge in [-0.1, -0.05) is 53.3 Å². The fourth-order valence-corrected chi connectivity index (χ4v) is 6.23. The fourth-order valence-electron chi connectivity index (χ4n) is 3.67. The van der Waals surface area contributed by atoms with Crippen molar-refractivity contribution < 1.29 is 13.2 Å². The van der Waals surface area contributed by atoms with Crippen LogP contribution >= 0.6 is 22.9 Å². The van der Waals surface area contributed by atoms with Gasteiger partial charge in [-0.05, 0) is 30.2 Å². The number of anilines is 1. The number of hydrogen-bond donors (Lipinski definition) is 0. The zero-order chi connectivity index (χ0) is 22.0. The number of sulfone groups is 1. The Morgan fingerprint density at radius 3 is 2.52 bits per heavy atom. The molecule has 1 aliphatic rings. The molecule has 2 heterocycles. The monoisotopic (exact) mass is 477 g/mol. The third kappa shape index (κ3) is 5.19. The summed E-state index contributed by atoms with van der Waals surface area (Å²) in [6.45, 7) is 4.45. The zero-order valence-electron chi connectivity index (χ0n) is 17.3. The molecule has 6 nitrogen and oxygen atoms in total. The van der Waals surface area contributed by atoms with Gasteiger partial charge in [-0.25, -0.2) is 13.4 Å². The molecular weight excluding hydrogens is 454 g/mol. The standard InChI is InChI=1S/C22H24ClN3O3S2/c1-16-18(23)7-8-19-21(16)24-22(30-19)26-12-10-25(11-13-26)20(27)9-14-31(28,29)15-17-5-3-2-4-6-17/h2-8H,9-15H2,1H3. The number of rotatable bonds is 6. The number of halogens is 1. The molecule has 0 aliphatic carbocycles. The molecule has 1 amide bonds. The number of benzene rings is 2. The summed E-state index contributed by atoms with van der Waals surface area (Å²) in [6.07, 6.45) is 0.0218. The number of amides is 1. The SMILES string of the molecule is Cc1c(Cl)ccc2sc(N3CCN(C(=O)CCS(=O)(=O)Cc4ccccc4)CC3)nc12. The van der Waals surface area contributed by atoms with E-state index in [0.717, 1.165) is 26.5 Å². The van der Waals surface area contributed by atoms with Crippen LogP contribution in [0.1, 0.15) is 17.5 Å². The van der Waals surface area contributed by atoms with Crippen LogP contribution in [-0.2, 0) is 20.4 Å². The molecule has 0 atom stereocenters. The van der Waals surface area contributed by atoms with Crippen LogP contribution in [0, 0.1) is 6.92 Å². The zero-order valence-corrected chi connectivity index (χ0v) is 19.6.